The van der Waals surface area contributed by atoms with Crippen LogP contribution in [0.3, 0.4) is 0 Å². The first-order valence-corrected chi connectivity index (χ1v) is 6.56. The number of aromatic nitrogens is 1. The van der Waals surface area contributed by atoms with E-state index < -0.39 is 11.2 Å². The molecule has 0 N–H and O–H groups in total. The van der Waals surface area contributed by atoms with Crippen LogP contribution < -0.4 is 5.56 Å². The lowest BCUT2D eigenvalue weighted by molar-refractivity contribution is -0.384. The van der Waals surface area contributed by atoms with Gasteiger partial charge in [-0.05, 0) is 29.3 Å². The summed E-state index contributed by atoms with van der Waals surface area (Å²) in [4.78, 5) is 22.3. The summed E-state index contributed by atoms with van der Waals surface area (Å²) in [6, 6.07) is 9.29. The van der Waals surface area contributed by atoms with Gasteiger partial charge in [-0.3, -0.25) is 14.9 Å². The number of hydrogen-bond acceptors (Lipinski definition) is 5. The molecule has 0 saturated heterocycles. The molecule has 0 bridgehead atoms. The molecule has 0 unspecified atom stereocenters. The molecule has 0 radical (unpaired) electrons. The number of non-ortho nitro benzene ring substituents is 1. The van der Waals surface area contributed by atoms with E-state index >= 15 is 0 Å². The zero-order valence-corrected chi connectivity index (χ0v) is 12.3. The van der Waals surface area contributed by atoms with Crippen molar-refractivity contribution < 1.29 is 14.4 Å². The molecule has 116 valence electrons. The smallest absolute Gasteiger partial charge is 0.269 e. The van der Waals surface area contributed by atoms with E-state index in [1.807, 2.05) is 0 Å². The van der Waals surface area contributed by atoms with Crippen LogP contribution in [-0.2, 0) is 16.0 Å². The van der Waals surface area contributed by atoms with Crippen molar-refractivity contribution in [3.05, 3.63) is 63.1 Å². The number of hydrogen-bond donors (Lipinski definition) is 0. The fraction of sp³-hybridized carbons (Fsp3) is 0.267. The second-order valence-corrected chi connectivity index (χ2v) is 4.61. The summed E-state index contributed by atoms with van der Waals surface area (Å²) in [7, 11) is 3.01. The molecule has 0 amide bonds. The maximum atomic E-state index is 12.1. The largest absolute Gasteiger partial charge is 0.354 e. The topological polar surface area (TPSA) is 83.6 Å². The van der Waals surface area contributed by atoms with Gasteiger partial charge < -0.3 is 14.0 Å². The first-order chi connectivity index (χ1) is 10.5. The first-order valence-electron chi connectivity index (χ1n) is 6.56. The van der Waals surface area contributed by atoms with E-state index in [0.717, 1.165) is 5.56 Å². The Morgan fingerprint density at radius 2 is 1.77 bits per heavy atom. The highest BCUT2D eigenvalue weighted by Crippen LogP contribution is 2.21. The normalized spacial score (nSPS) is 10.9. The molecule has 1 heterocycles. The van der Waals surface area contributed by atoms with Crippen LogP contribution in [0.4, 0.5) is 5.69 Å². The Morgan fingerprint density at radius 1 is 1.14 bits per heavy atom. The molecule has 22 heavy (non-hydrogen) atoms. The van der Waals surface area contributed by atoms with Crippen LogP contribution in [0.25, 0.3) is 11.1 Å². The molecule has 7 heteroatoms. The van der Waals surface area contributed by atoms with E-state index in [-0.39, 0.29) is 17.8 Å². The summed E-state index contributed by atoms with van der Waals surface area (Å²) in [6.45, 7) is 0.284. The van der Waals surface area contributed by atoms with Gasteiger partial charge in [-0.25, -0.2) is 0 Å². The van der Waals surface area contributed by atoms with Crippen molar-refractivity contribution in [1.29, 1.82) is 0 Å². The van der Waals surface area contributed by atoms with Crippen molar-refractivity contribution >= 4 is 5.69 Å². The Bertz CT molecular complexity index is 705. The molecule has 0 spiro atoms. The number of nitro groups is 1. The number of pyridine rings is 1. The number of methoxy groups -OCH3 is 2. The number of ether oxygens (including phenoxy) is 2. The minimum Gasteiger partial charge on any atom is -0.354 e. The predicted molar refractivity (Wildman–Crippen MR) is 80.6 cm³/mol. The van der Waals surface area contributed by atoms with Crippen molar-refractivity contribution in [1.82, 2.24) is 4.57 Å². The second kappa shape index (κ2) is 6.97. The number of benzene rings is 1. The zero-order valence-electron chi connectivity index (χ0n) is 12.3. The lowest BCUT2D eigenvalue weighted by Gasteiger charge is -2.15. The van der Waals surface area contributed by atoms with Crippen LogP contribution in [0.1, 0.15) is 0 Å². The molecule has 0 aliphatic carbocycles. The molecule has 2 aromatic rings. The van der Waals surface area contributed by atoms with Gasteiger partial charge in [-0.2, -0.15) is 0 Å². The van der Waals surface area contributed by atoms with Crippen molar-refractivity contribution in [2.75, 3.05) is 14.2 Å². The van der Waals surface area contributed by atoms with Crippen LogP contribution in [0.2, 0.25) is 0 Å². The van der Waals surface area contributed by atoms with E-state index in [0.29, 0.717) is 5.56 Å². The SMILES string of the molecule is COC(Cn1ccc(-c2ccc([N+](=O)[O-])cc2)cc1=O)OC. The summed E-state index contributed by atoms with van der Waals surface area (Å²) in [5, 5.41) is 10.6. The fourth-order valence-electron chi connectivity index (χ4n) is 2.02. The maximum Gasteiger partial charge on any atom is 0.269 e. The molecule has 2 rings (SSSR count). The fourth-order valence-corrected chi connectivity index (χ4v) is 2.02. The van der Waals surface area contributed by atoms with Gasteiger partial charge in [0.1, 0.15) is 0 Å². The second-order valence-electron chi connectivity index (χ2n) is 4.61. The predicted octanol–water partition coefficient (Wildman–Crippen LogP) is 2.04. The van der Waals surface area contributed by atoms with Crippen LogP contribution in [0, 0.1) is 10.1 Å². The summed E-state index contributed by atoms with van der Waals surface area (Å²) in [6.07, 6.45) is 1.15. The Kier molecular flexibility index (Phi) is 5.03. The molecule has 0 aliphatic rings. The van der Waals surface area contributed by atoms with Crippen molar-refractivity contribution in [3.63, 3.8) is 0 Å². The van der Waals surface area contributed by atoms with E-state index in [2.05, 4.69) is 0 Å². The van der Waals surface area contributed by atoms with Gasteiger partial charge >= 0.3 is 0 Å². The van der Waals surface area contributed by atoms with Crippen LogP contribution in [-0.4, -0.2) is 30.0 Å². The van der Waals surface area contributed by atoms with Crippen LogP contribution in [0.5, 0.6) is 0 Å². The van der Waals surface area contributed by atoms with E-state index in [9.17, 15) is 14.9 Å². The number of rotatable bonds is 6. The summed E-state index contributed by atoms with van der Waals surface area (Å²) < 4.78 is 11.6. The van der Waals surface area contributed by atoms with E-state index in [1.165, 1.54) is 37.0 Å². The monoisotopic (exact) mass is 304 g/mol. The van der Waals surface area contributed by atoms with E-state index in [1.54, 1.807) is 24.4 Å². The van der Waals surface area contributed by atoms with Crippen LogP contribution in [0.15, 0.2) is 47.4 Å². The van der Waals surface area contributed by atoms with Gasteiger partial charge in [0.2, 0.25) is 0 Å². The first kappa shape index (κ1) is 15.9. The molecule has 1 aromatic heterocycles. The average Bonchev–Trinajstić information content (AvgIpc) is 2.54. The Labute approximate surface area is 126 Å². The average molecular weight is 304 g/mol. The highest BCUT2D eigenvalue weighted by molar-refractivity contribution is 5.64. The molecule has 1 aromatic carbocycles. The molecular formula is C15H16N2O5. The molecule has 0 atom stereocenters. The Balaban J connectivity index is 2.25. The van der Waals surface area contributed by atoms with Gasteiger partial charge in [0.15, 0.2) is 6.29 Å². The lowest BCUT2D eigenvalue weighted by Crippen LogP contribution is -2.28. The zero-order chi connectivity index (χ0) is 16.1. The highest BCUT2D eigenvalue weighted by Gasteiger charge is 2.09. The summed E-state index contributed by atoms with van der Waals surface area (Å²) in [5.41, 5.74) is 1.25. The third-order valence-electron chi connectivity index (χ3n) is 3.28. The minimum atomic E-state index is -0.497. The maximum absolute atomic E-state index is 12.1. The van der Waals surface area contributed by atoms with Gasteiger partial charge in [0.05, 0.1) is 11.5 Å². The molecule has 0 fully saturated rings. The standard InChI is InChI=1S/C15H16N2O5/c1-21-15(22-2)10-16-8-7-12(9-14(16)18)11-3-5-13(6-4-11)17(19)20/h3-9,15H,10H2,1-2H3. The van der Waals surface area contributed by atoms with Crippen molar-refractivity contribution in [3.8, 4) is 11.1 Å². The van der Waals surface area contributed by atoms with Crippen molar-refractivity contribution in [2.24, 2.45) is 0 Å². The van der Waals surface area contributed by atoms with Gasteiger partial charge in [0.25, 0.3) is 11.2 Å². The van der Waals surface area contributed by atoms with E-state index in [4.69, 9.17) is 9.47 Å². The van der Waals surface area contributed by atoms with Gasteiger partial charge in [-0.1, -0.05) is 0 Å². The summed E-state index contributed by atoms with van der Waals surface area (Å²) in [5.74, 6) is 0. The van der Waals surface area contributed by atoms with Crippen LogP contribution >= 0.6 is 0 Å². The third-order valence-corrected chi connectivity index (χ3v) is 3.28. The lowest BCUT2D eigenvalue weighted by atomic mass is 10.1. The minimum absolute atomic E-state index is 0.0140. The Morgan fingerprint density at radius 3 is 2.27 bits per heavy atom. The third kappa shape index (κ3) is 3.57. The molecule has 0 aliphatic heterocycles. The molecule has 7 nitrogen and oxygen atoms in total. The molecule has 0 saturated carbocycles. The van der Waals surface area contributed by atoms with Gasteiger partial charge in [-0.15, -0.1) is 0 Å². The quantitative estimate of drug-likeness (QED) is 0.463. The summed E-state index contributed by atoms with van der Waals surface area (Å²) >= 11 is 0. The van der Waals surface area contributed by atoms with Crippen molar-refractivity contribution in [2.45, 2.75) is 12.8 Å². The number of nitrogens with zero attached hydrogens (tertiary/aromatic N) is 2. The van der Waals surface area contributed by atoms with Gasteiger partial charge in [0, 0.05) is 38.6 Å². The number of nitro benzene ring substituents is 1. The Hall–Kier alpha value is -2.51. The molecular weight excluding hydrogens is 288 g/mol. The highest BCUT2D eigenvalue weighted by atomic mass is 16.7.